The summed E-state index contributed by atoms with van der Waals surface area (Å²) < 4.78 is 2.39. The normalized spacial score (nSPS) is 20.4. The quantitative estimate of drug-likeness (QED) is 0.801. The molecule has 0 aliphatic carbocycles. The summed E-state index contributed by atoms with van der Waals surface area (Å²) in [6.07, 6.45) is 7.10. The molecule has 0 N–H and O–H groups in total. The van der Waals surface area contributed by atoms with Gasteiger partial charge in [0.15, 0.2) is 5.82 Å². The summed E-state index contributed by atoms with van der Waals surface area (Å²) in [5.41, 5.74) is 1.13. The minimum atomic E-state index is 0.277. The van der Waals surface area contributed by atoms with Gasteiger partial charge >= 0.3 is 0 Å². The van der Waals surface area contributed by atoms with E-state index in [1.165, 1.54) is 31.5 Å². The minimum Gasteiger partial charge on any atom is -0.346 e. The average molecular weight is 369 g/mol. The fourth-order valence-corrected chi connectivity index (χ4v) is 4.24. The van der Waals surface area contributed by atoms with E-state index in [9.17, 15) is 0 Å². The maximum Gasteiger partial charge on any atom is 0.155 e. The lowest BCUT2D eigenvalue weighted by Crippen LogP contribution is -2.27. The molecule has 4 rings (SSSR count). The van der Waals surface area contributed by atoms with E-state index in [0.29, 0.717) is 11.8 Å². The molecule has 146 valence electrons. The largest absolute Gasteiger partial charge is 0.346 e. The molecule has 6 heteroatoms. The van der Waals surface area contributed by atoms with Crippen LogP contribution in [0.15, 0.2) is 6.07 Å². The van der Waals surface area contributed by atoms with Gasteiger partial charge in [0.2, 0.25) is 0 Å². The number of hydrogen-bond acceptors (Lipinski definition) is 5. The van der Waals surface area contributed by atoms with Crippen LogP contribution in [0.4, 0.5) is 5.82 Å². The van der Waals surface area contributed by atoms with Crippen molar-refractivity contribution in [1.82, 2.24) is 24.7 Å². The van der Waals surface area contributed by atoms with Crippen molar-refractivity contribution in [1.29, 1.82) is 0 Å². The third kappa shape index (κ3) is 3.58. The Morgan fingerprint density at radius 2 is 1.78 bits per heavy atom. The van der Waals surface area contributed by atoms with Crippen LogP contribution in [0.5, 0.6) is 0 Å². The second-order valence-electron chi connectivity index (χ2n) is 8.61. The van der Waals surface area contributed by atoms with Crippen LogP contribution in [-0.2, 0) is 13.0 Å². The molecule has 0 aromatic carbocycles. The molecule has 27 heavy (non-hydrogen) atoms. The zero-order valence-electron chi connectivity index (χ0n) is 17.1. The van der Waals surface area contributed by atoms with E-state index in [-0.39, 0.29) is 6.04 Å². The number of anilines is 1. The van der Waals surface area contributed by atoms with E-state index in [2.05, 4.69) is 53.4 Å². The number of fused-ring (bicyclic) bond motifs is 1. The molecule has 4 heterocycles. The van der Waals surface area contributed by atoms with Crippen molar-refractivity contribution in [3.63, 3.8) is 0 Å². The molecule has 0 spiro atoms. The second-order valence-corrected chi connectivity index (χ2v) is 8.61. The Labute approximate surface area is 162 Å². The number of aromatic nitrogens is 5. The second kappa shape index (κ2) is 7.56. The first-order chi connectivity index (χ1) is 13.0. The van der Waals surface area contributed by atoms with Crippen LogP contribution >= 0.6 is 0 Å². The lowest BCUT2D eigenvalue weighted by Gasteiger charge is -2.27. The first kappa shape index (κ1) is 18.4. The van der Waals surface area contributed by atoms with E-state index in [0.717, 1.165) is 49.1 Å². The zero-order valence-corrected chi connectivity index (χ0v) is 17.1. The van der Waals surface area contributed by atoms with E-state index in [4.69, 9.17) is 9.97 Å². The minimum absolute atomic E-state index is 0.277. The summed E-state index contributed by atoms with van der Waals surface area (Å²) in [6, 6.07) is 2.47. The van der Waals surface area contributed by atoms with Gasteiger partial charge in [-0.25, -0.2) is 9.97 Å². The molecule has 1 fully saturated rings. The van der Waals surface area contributed by atoms with E-state index < -0.39 is 0 Å². The third-order valence-corrected chi connectivity index (χ3v) is 5.84. The maximum absolute atomic E-state index is 4.95. The van der Waals surface area contributed by atoms with Gasteiger partial charge in [0.25, 0.3) is 0 Å². The number of hydrogen-bond donors (Lipinski definition) is 0. The van der Waals surface area contributed by atoms with Crippen LogP contribution in [0.3, 0.4) is 0 Å². The monoisotopic (exact) mass is 368 g/mol. The van der Waals surface area contributed by atoms with E-state index in [1.807, 2.05) is 0 Å². The van der Waals surface area contributed by atoms with Gasteiger partial charge in [-0.3, -0.25) is 0 Å². The summed E-state index contributed by atoms with van der Waals surface area (Å²) in [5, 5.41) is 9.17. The Kier molecular flexibility index (Phi) is 5.15. The molecular weight excluding hydrogens is 336 g/mol. The molecule has 0 amide bonds. The standard InChI is InChI=1S/C21H32N6/c1-14(2)16-13-19(23-20(22-16)15(3)4)26-12-8-9-17(26)21-25-24-18-10-6-5-7-11-27(18)21/h13-15,17H,5-12H2,1-4H3. The highest BCUT2D eigenvalue weighted by molar-refractivity contribution is 5.44. The topological polar surface area (TPSA) is 59.7 Å². The molecule has 6 nitrogen and oxygen atoms in total. The van der Waals surface area contributed by atoms with Crippen LogP contribution in [0, 0.1) is 0 Å². The van der Waals surface area contributed by atoms with E-state index >= 15 is 0 Å². The summed E-state index contributed by atoms with van der Waals surface area (Å²) in [5.74, 6) is 5.04. The van der Waals surface area contributed by atoms with Gasteiger partial charge in [0, 0.05) is 37.2 Å². The van der Waals surface area contributed by atoms with Crippen molar-refractivity contribution >= 4 is 5.82 Å². The molecule has 1 saturated heterocycles. The number of rotatable bonds is 4. The van der Waals surface area contributed by atoms with Crippen LogP contribution in [-0.4, -0.2) is 31.3 Å². The Hall–Kier alpha value is -1.98. The highest BCUT2D eigenvalue weighted by Gasteiger charge is 2.33. The van der Waals surface area contributed by atoms with Gasteiger partial charge < -0.3 is 9.47 Å². The van der Waals surface area contributed by atoms with Gasteiger partial charge in [-0.1, -0.05) is 34.1 Å². The van der Waals surface area contributed by atoms with Crippen molar-refractivity contribution < 1.29 is 0 Å². The number of nitrogens with zero attached hydrogens (tertiary/aromatic N) is 6. The Balaban J connectivity index is 1.71. The summed E-state index contributed by atoms with van der Waals surface area (Å²) in [4.78, 5) is 12.2. The Morgan fingerprint density at radius 3 is 2.56 bits per heavy atom. The van der Waals surface area contributed by atoms with Gasteiger partial charge in [0.1, 0.15) is 17.5 Å². The van der Waals surface area contributed by atoms with Gasteiger partial charge in [0.05, 0.1) is 6.04 Å². The summed E-state index contributed by atoms with van der Waals surface area (Å²) in [7, 11) is 0. The zero-order chi connectivity index (χ0) is 19.0. The number of aryl methyl sites for hydroxylation is 1. The smallest absolute Gasteiger partial charge is 0.155 e. The van der Waals surface area contributed by atoms with E-state index in [1.54, 1.807) is 0 Å². The molecule has 0 saturated carbocycles. The van der Waals surface area contributed by atoms with Gasteiger partial charge in [-0.2, -0.15) is 0 Å². The van der Waals surface area contributed by atoms with Crippen LogP contribution < -0.4 is 4.90 Å². The highest BCUT2D eigenvalue weighted by atomic mass is 15.3. The molecular formula is C21H32N6. The van der Waals surface area contributed by atoms with Crippen LogP contribution in [0.2, 0.25) is 0 Å². The Morgan fingerprint density at radius 1 is 0.926 bits per heavy atom. The van der Waals surface area contributed by atoms with Crippen molar-refractivity contribution in [2.24, 2.45) is 0 Å². The van der Waals surface area contributed by atoms with Gasteiger partial charge in [-0.05, 0) is 31.6 Å². The molecule has 2 aromatic rings. The average Bonchev–Trinajstić information content (AvgIpc) is 3.22. The lowest BCUT2D eigenvalue weighted by atomic mass is 10.1. The molecule has 2 aliphatic rings. The maximum atomic E-state index is 4.95. The molecule has 0 bridgehead atoms. The molecule has 1 atom stereocenters. The molecule has 2 aliphatic heterocycles. The van der Waals surface area contributed by atoms with Crippen LogP contribution in [0.1, 0.15) is 101 Å². The highest BCUT2D eigenvalue weighted by Crippen LogP contribution is 2.36. The fraction of sp³-hybridized carbons (Fsp3) is 0.714. The van der Waals surface area contributed by atoms with Crippen molar-refractivity contribution in [3.8, 4) is 0 Å². The van der Waals surface area contributed by atoms with Crippen LogP contribution in [0.25, 0.3) is 0 Å². The fourth-order valence-electron chi connectivity index (χ4n) is 4.24. The SMILES string of the molecule is CC(C)c1cc(N2CCCC2c2nnc3n2CCCCC3)nc(C(C)C)n1. The van der Waals surface area contributed by atoms with Crippen molar-refractivity contribution in [3.05, 3.63) is 29.2 Å². The predicted molar refractivity (Wildman–Crippen MR) is 107 cm³/mol. The first-order valence-corrected chi connectivity index (χ1v) is 10.6. The molecule has 1 unspecified atom stereocenters. The summed E-state index contributed by atoms with van der Waals surface area (Å²) in [6.45, 7) is 10.8. The Bertz CT molecular complexity index is 768. The molecule has 0 radical (unpaired) electrons. The van der Waals surface area contributed by atoms with Crippen molar-refractivity contribution in [2.45, 2.75) is 90.6 Å². The lowest BCUT2D eigenvalue weighted by molar-refractivity contribution is 0.556. The summed E-state index contributed by atoms with van der Waals surface area (Å²) >= 11 is 0. The predicted octanol–water partition coefficient (Wildman–Crippen LogP) is 4.38. The molecule has 2 aromatic heterocycles. The van der Waals surface area contributed by atoms with Gasteiger partial charge in [-0.15, -0.1) is 10.2 Å². The van der Waals surface area contributed by atoms with Crippen molar-refractivity contribution in [2.75, 3.05) is 11.4 Å². The third-order valence-electron chi connectivity index (χ3n) is 5.84. The first-order valence-electron chi connectivity index (χ1n) is 10.6.